The van der Waals surface area contributed by atoms with Gasteiger partial charge >= 0.3 is 0 Å². The van der Waals surface area contributed by atoms with Crippen molar-refractivity contribution in [3.8, 4) is 0 Å². The molecule has 0 spiro atoms. The molecule has 1 aromatic rings. The topological polar surface area (TPSA) is 53.3 Å². The van der Waals surface area contributed by atoms with Crippen molar-refractivity contribution in [2.24, 2.45) is 7.05 Å². The van der Waals surface area contributed by atoms with Crippen LogP contribution in [0, 0.1) is 6.92 Å². The van der Waals surface area contributed by atoms with E-state index in [4.69, 9.17) is 5.11 Å². The predicted molar refractivity (Wildman–Crippen MR) is 70.3 cm³/mol. The Morgan fingerprint density at radius 2 is 2.12 bits per heavy atom. The fraction of sp³-hybridized carbons (Fsp3) is 0.750. The number of nitrogens with zero attached hydrogens (tertiary/aromatic N) is 3. The molecule has 1 rings (SSSR count). The lowest BCUT2D eigenvalue weighted by atomic mass is 10.2. The lowest BCUT2D eigenvalue weighted by Crippen LogP contribution is -2.27. The molecule has 5 heteroatoms. The van der Waals surface area contributed by atoms with E-state index < -0.39 is 0 Å². The van der Waals surface area contributed by atoms with E-state index in [1.807, 2.05) is 30.6 Å². The van der Waals surface area contributed by atoms with Crippen LogP contribution >= 0.6 is 0 Å². The van der Waals surface area contributed by atoms with Crippen LogP contribution in [0.15, 0.2) is 0 Å². The molecule has 0 aliphatic rings. The van der Waals surface area contributed by atoms with Gasteiger partial charge in [-0.25, -0.2) is 0 Å². The highest BCUT2D eigenvalue weighted by Crippen LogP contribution is 2.21. The summed E-state index contributed by atoms with van der Waals surface area (Å²) in [6, 6.07) is 0.450. The highest BCUT2D eigenvalue weighted by molar-refractivity contribution is 5.49. The number of anilines is 1. The first-order valence-corrected chi connectivity index (χ1v) is 6.05. The minimum Gasteiger partial charge on any atom is -0.395 e. The number of aromatic nitrogens is 2. The number of hydrogen-bond acceptors (Lipinski definition) is 4. The Morgan fingerprint density at radius 3 is 2.65 bits per heavy atom. The van der Waals surface area contributed by atoms with Gasteiger partial charge in [0, 0.05) is 38.8 Å². The van der Waals surface area contributed by atoms with Crippen molar-refractivity contribution in [3.63, 3.8) is 0 Å². The average Bonchev–Trinajstić information content (AvgIpc) is 2.50. The minimum atomic E-state index is 0.151. The summed E-state index contributed by atoms with van der Waals surface area (Å²) in [7, 11) is 3.92. The summed E-state index contributed by atoms with van der Waals surface area (Å²) < 4.78 is 1.88. The Labute approximate surface area is 103 Å². The summed E-state index contributed by atoms with van der Waals surface area (Å²) in [5.74, 6) is 1.07. The van der Waals surface area contributed by atoms with Crippen molar-refractivity contribution in [1.29, 1.82) is 0 Å². The standard InChI is InChI=1S/C12H24N4O/c1-9(2)13-8-11-10(3)14-16(5)12(11)15(4)6-7-17/h9,13,17H,6-8H2,1-5H3. The first-order chi connectivity index (χ1) is 7.97. The SMILES string of the molecule is Cc1nn(C)c(N(C)CCO)c1CNC(C)C. The summed E-state index contributed by atoms with van der Waals surface area (Å²) in [5, 5.41) is 16.9. The highest BCUT2D eigenvalue weighted by Gasteiger charge is 2.16. The van der Waals surface area contributed by atoms with Gasteiger partial charge in [-0.05, 0) is 6.92 Å². The van der Waals surface area contributed by atoms with Gasteiger partial charge < -0.3 is 15.3 Å². The van der Waals surface area contributed by atoms with Gasteiger partial charge in [0.05, 0.1) is 12.3 Å². The summed E-state index contributed by atoms with van der Waals surface area (Å²) in [6.45, 7) is 7.85. The molecule has 0 unspecified atom stereocenters. The molecule has 0 fully saturated rings. The third kappa shape index (κ3) is 3.44. The maximum atomic E-state index is 9.02. The minimum absolute atomic E-state index is 0.151. The van der Waals surface area contributed by atoms with Crippen LogP contribution in [-0.4, -0.2) is 41.1 Å². The molecular weight excluding hydrogens is 216 g/mol. The number of likely N-dealkylation sites (N-methyl/N-ethyl adjacent to an activating group) is 1. The first kappa shape index (κ1) is 14.0. The summed E-state index contributed by atoms with van der Waals surface area (Å²) in [5.41, 5.74) is 2.25. The van der Waals surface area contributed by atoms with E-state index in [1.165, 1.54) is 5.56 Å². The second kappa shape index (κ2) is 6.02. The van der Waals surface area contributed by atoms with Gasteiger partial charge in [-0.2, -0.15) is 5.10 Å². The van der Waals surface area contributed by atoms with Crippen LogP contribution in [0.3, 0.4) is 0 Å². The molecule has 0 amide bonds. The highest BCUT2D eigenvalue weighted by atomic mass is 16.3. The van der Waals surface area contributed by atoms with Crippen molar-refractivity contribution >= 4 is 5.82 Å². The van der Waals surface area contributed by atoms with E-state index in [0.29, 0.717) is 12.6 Å². The Bertz CT molecular complexity index is 360. The molecule has 0 bridgehead atoms. The second-order valence-corrected chi connectivity index (χ2v) is 4.69. The molecule has 0 atom stereocenters. The molecule has 0 radical (unpaired) electrons. The fourth-order valence-electron chi connectivity index (χ4n) is 1.94. The molecule has 0 saturated heterocycles. The van der Waals surface area contributed by atoms with Crippen LogP contribution in [0.2, 0.25) is 0 Å². The zero-order chi connectivity index (χ0) is 13.0. The molecule has 17 heavy (non-hydrogen) atoms. The lowest BCUT2D eigenvalue weighted by molar-refractivity contribution is 0.303. The van der Waals surface area contributed by atoms with E-state index in [0.717, 1.165) is 18.1 Å². The molecule has 0 aliphatic heterocycles. The van der Waals surface area contributed by atoms with E-state index in [9.17, 15) is 0 Å². The Balaban J connectivity index is 2.93. The number of aliphatic hydroxyl groups is 1. The van der Waals surface area contributed by atoms with Crippen molar-refractivity contribution in [1.82, 2.24) is 15.1 Å². The second-order valence-electron chi connectivity index (χ2n) is 4.69. The number of nitrogens with one attached hydrogen (secondary N) is 1. The predicted octanol–water partition coefficient (Wildman–Crippen LogP) is 0.655. The maximum Gasteiger partial charge on any atom is 0.131 e. The quantitative estimate of drug-likeness (QED) is 0.767. The van der Waals surface area contributed by atoms with E-state index >= 15 is 0 Å². The monoisotopic (exact) mass is 240 g/mol. The Hall–Kier alpha value is -1.07. The van der Waals surface area contributed by atoms with Crippen LogP contribution < -0.4 is 10.2 Å². The van der Waals surface area contributed by atoms with Crippen LogP contribution in [0.25, 0.3) is 0 Å². The zero-order valence-corrected chi connectivity index (χ0v) is 11.5. The molecule has 5 nitrogen and oxygen atoms in total. The number of aryl methyl sites for hydroxylation is 2. The van der Waals surface area contributed by atoms with Crippen molar-refractivity contribution < 1.29 is 5.11 Å². The third-order valence-corrected chi connectivity index (χ3v) is 2.80. The van der Waals surface area contributed by atoms with Crippen LogP contribution in [-0.2, 0) is 13.6 Å². The Kier molecular flexibility index (Phi) is 4.96. The maximum absolute atomic E-state index is 9.02. The van der Waals surface area contributed by atoms with E-state index in [1.54, 1.807) is 0 Å². The fourth-order valence-corrected chi connectivity index (χ4v) is 1.94. The van der Waals surface area contributed by atoms with Gasteiger partial charge in [0.15, 0.2) is 0 Å². The van der Waals surface area contributed by atoms with Crippen molar-refractivity contribution in [2.75, 3.05) is 25.1 Å². The van der Waals surface area contributed by atoms with Gasteiger partial charge in [0.25, 0.3) is 0 Å². The summed E-state index contributed by atoms with van der Waals surface area (Å²) >= 11 is 0. The largest absolute Gasteiger partial charge is 0.395 e. The molecule has 98 valence electrons. The number of hydrogen-bond donors (Lipinski definition) is 2. The molecule has 0 aromatic carbocycles. The van der Waals surface area contributed by atoms with Crippen LogP contribution in [0.5, 0.6) is 0 Å². The van der Waals surface area contributed by atoms with Gasteiger partial charge in [0.2, 0.25) is 0 Å². The van der Waals surface area contributed by atoms with Crippen molar-refractivity contribution in [2.45, 2.75) is 33.4 Å². The third-order valence-electron chi connectivity index (χ3n) is 2.80. The van der Waals surface area contributed by atoms with E-state index in [-0.39, 0.29) is 6.61 Å². The molecule has 2 N–H and O–H groups in total. The van der Waals surface area contributed by atoms with Gasteiger partial charge in [-0.15, -0.1) is 0 Å². The molecule has 0 saturated carbocycles. The summed E-state index contributed by atoms with van der Waals surface area (Å²) in [6.07, 6.45) is 0. The van der Waals surface area contributed by atoms with Gasteiger partial charge in [-0.1, -0.05) is 13.8 Å². The molecule has 1 heterocycles. The zero-order valence-electron chi connectivity index (χ0n) is 11.5. The van der Waals surface area contributed by atoms with Gasteiger partial charge in [0.1, 0.15) is 5.82 Å². The number of aliphatic hydroxyl groups excluding tert-OH is 1. The average molecular weight is 240 g/mol. The smallest absolute Gasteiger partial charge is 0.131 e. The first-order valence-electron chi connectivity index (χ1n) is 6.05. The Morgan fingerprint density at radius 1 is 1.47 bits per heavy atom. The molecular formula is C12H24N4O. The summed E-state index contributed by atoms with van der Waals surface area (Å²) in [4.78, 5) is 2.04. The van der Waals surface area contributed by atoms with Crippen LogP contribution in [0.1, 0.15) is 25.1 Å². The molecule has 0 aliphatic carbocycles. The van der Waals surface area contributed by atoms with E-state index in [2.05, 4.69) is 24.3 Å². The van der Waals surface area contributed by atoms with Crippen molar-refractivity contribution in [3.05, 3.63) is 11.3 Å². The molecule has 1 aromatic heterocycles. The normalized spacial score (nSPS) is 11.2. The number of rotatable bonds is 6. The lowest BCUT2D eigenvalue weighted by Gasteiger charge is -2.20. The van der Waals surface area contributed by atoms with Crippen LogP contribution in [0.4, 0.5) is 5.82 Å². The van der Waals surface area contributed by atoms with Gasteiger partial charge in [-0.3, -0.25) is 4.68 Å².